The number of rotatable bonds is 4. The second-order valence-corrected chi connectivity index (χ2v) is 5.85. The SMILES string of the molecule is CCOC(=O)c1c(OC)ccc2c1C(=Cc1[nH]c(C)cc1C)C(=O)N2. The van der Waals surface area contributed by atoms with Gasteiger partial charge in [0.1, 0.15) is 11.3 Å². The highest BCUT2D eigenvalue weighted by Gasteiger charge is 2.32. The molecule has 0 saturated heterocycles. The summed E-state index contributed by atoms with van der Waals surface area (Å²) in [5.74, 6) is -0.405. The highest BCUT2D eigenvalue weighted by molar-refractivity contribution is 6.36. The Labute approximate surface area is 145 Å². The maximum Gasteiger partial charge on any atom is 0.342 e. The minimum Gasteiger partial charge on any atom is -0.496 e. The lowest BCUT2D eigenvalue weighted by Crippen LogP contribution is -2.10. The van der Waals surface area contributed by atoms with Crippen molar-refractivity contribution in [3.05, 3.63) is 46.3 Å². The molecule has 0 radical (unpaired) electrons. The van der Waals surface area contributed by atoms with Crippen molar-refractivity contribution < 1.29 is 19.1 Å². The van der Waals surface area contributed by atoms with Crippen LogP contribution in [0.1, 0.15) is 39.8 Å². The van der Waals surface area contributed by atoms with Crippen molar-refractivity contribution in [2.45, 2.75) is 20.8 Å². The highest BCUT2D eigenvalue weighted by atomic mass is 16.5. The van der Waals surface area contributed by atoms with E-state index in [0.29, 0.717) is 22.6 Å². The number of aromatic nitrogens is 1. The Morgan fingerprint density at radius 1 is 1.28 bits per heavy atom. The van der Waals surface area contributed by atoms with Crippen LogP contribution in [0.4, 0.5) is 5.69 Å². The first kappa shape index (κ1) is 16.8. The van der Waals surface area contributed by atoms with Crippen LogP contribution >= 0.6 is 0 Å². The van der Waals surface area contributed by atoms with E-state index >= 15 is 0 Å². The molecule has 0 unspecified atom stereocenters. The number of methoxy groups -OCH3 is 1. The van der Waals surface area contributed by atoms with E-state index in [4.69, 9.17) is 9.47 Å². The fourth-order valence-corrected chi connectivity index (χ4v) is 3.03. The topological polar surface area (TPSA) is 80.4 Å². The van der Waals surface area contributed by atoms with Crippen molar-refractivity contribution >= 4 is 29.2 Å². The van der Waals surface area contributed by atoms with E-state index in [1.165, 1.54) is 7.11 Å². The summed E-state index contributed by atoms with van der Waals surface area (Å²) in [7, 11) is 1.48. The number of carbonyl (C=O) groups is 2. The third-order valence-electron chi connectivity index (χ3n) is 4.11. The van der Waals surface area contributed by atoms with E-state index in [9.17, 15) is 9.59 Å². The van der Waals surface area contributed by atoms with Crippen molar-refractivity contribution in [3.63, 3.8) is 0 Å². The summed E-state index contributed by atoms with van der Waals surface area (Å²) in [6.07, 6.45) is 1.76. The number of nitrogens with one attached hydrogen (secondary N) is 2. The smallest absolute Gasteiger partial charge is 0.342 e. The van der Waals surface area contributed by atoms with Crippen molar-refractivity contribution in [3.8, 4) is 5.75 Å². The van der Waals surface area contributed by atoms with Gasteiger partial charge in [0.2, 0.25) is 0 Å². The molecule has 1 amide bonds. The molecular formula is C19H20N2O4. The molecule has 0 atom stereocenters. The number of aromatic amines is 1. The van der Waals surface area contributed by atoms with Crippen molar-refractivity contribution in [2.24, 2.45) is 0 Å². The van der Waals surface area contributed by atoms with Gasteiger partial charge < -0.3 is 19.8 Å². The summed E-state index contributed by atoms with van der Waals surface area (Å²) in [6, 6.07) is 5.37. The highest BCUT2D eigenvalue weighted by Crippen LogP contribution is 2.40. The number of anilines is 1. The summed E-state index contributed by atoms with van der Waals surface area (Å²) in [6.45, 7) is 5.88. The third kappa shape index (κ3) is 2.91. The van der Waals surface area contributed by atoms with Gasteiger partial charge in [0.15, 0.2) is 0 Å². The Morgan fingerprint density at radius 3 is 2.64 bits per heavy atom. The molecule has 2 N–H and O–H groups in total. The fourth-order valence-electron chi connectivity index (χ4n) is 3.03. The van der Waals surface area contributed by atoms with Gasteiger partial charge in [-0.25, -0.2) is 4.79 Å². The zero-order chi connectivity index (χ0) is 18.1. The molecular weight excluding hydrogens is 320 g/mol. The van der Waals surface area contributed by atoms with Gasteiger partial charge in [-0.15, -0.1) is 0 Å². The molecule has 6 nitrogen and oxygen atoms in total. The van der Waals surface area contributed by atoms with Crippen LogP contribution < -0.4 is 10.1 Å². The Balaban J connectivity index is 2.22. The number of esters is 1. The molecule has 0 aliphatic carbocycles. The summed E-state index contributed by atoms with van der Waals surface area (Å²) in [5, 5.41) is 2.80. The van der Waals surface area contributed by atoms with Crippen LogP contribution in [-0.2, 0) is 9.53 Å². The second-order valence-electron chi connectivity index (χ2n) is 5.85. The zero-order valence-corrected chi connectivity index (χ0v) is 14.6. The van der Waals surface area contributed by atoms with Gasteiger partial charge >= 0.3 is 5.97 Å². The number of H-pyrrole nitrogens is 1. The number of aryl methyl sites for hydroxylation is 2. The lowest BCUT2D eigenvalue weighted by Gasteiger charge is -2.12. The van der Waals surface area contributed by atoms with Crippen molar-refractivity contribution in [1.29, 1.82) is 0 Å². The number of fused-ring (bicyclic) bond motifs is 1. The normalized spacial score (nSPS) is 14.4. The predicted octanol–water partition coefficient (Wildman–Crippen LogP) is 3.31. The maximum absolute atomic E-state index is 12.5. The molecule has 0 spiro atoms. The summed E-state index contributed by atoms with van der Waals surface area (Å²) < 4.78 is 10.5. The molecule has 1 aromatic carbocycles. The van der Waals surface area contributed by atoms with Crippen LogP contribution in [0.5, 0.6) is 5.75 Å². The lowest BCUT2D eigenvalue weighted by molar-refractivity contribution is -0.110. The van der Waals surface area contributed by atoms with Gasteiger partial charge in [-0.3, -0.25) is 4.79 Å². The maximum atomic E-state index is 12.5. The molecule has 0 bridgehead atoms. The van der Waals surface area contributed by atoms with Crippen LogP contribution in [0, 0.1) is 13.8 Å². The standard InChI is InChI=1S/C19H20N2O4/c1-5-25-19(23)17-15(24-4)7-6-13-16(17)12(18(22)21-13)9-14-10(2)8-11(3)20-14/h6-9,20H,5H2,1-4H3,(H,21,22). The van der Waals surface area contributed by atoms with E-state index in [2.05, 4.69) is 10.3 Å². The average molecular weight is 340 g/mol. The lowest BCUT2D eigenvalue weighted by atomic mass is 9.98. The van der Waals surface area contributed by atoms with Crippen LogP contribution in [0.15, 0.2) is 18.2 Å². The first-order valence-corrected chi connectivity index (χ1v) is 8.04. The number of benzene rings is 1. The monoisotopic (exact) mass is 340 g/mol. The Kier molecular flexibility index (Phi) is 4.35. The molecule has 0 fully saturated rings. The molecule has 6 heteroatoms. The summed E-state index contributed by atoms with van der Waals surface area (Å²) in [5.41, 5.74) is 4.59. The van der Waals surface area contributed by atoms with E-state index in [1.54, 1.807) is 25.1 Å². The van der Waals surface area contributed by atoms with Crippen LogP contribution in [0.3, 0.4) is 0 Å². The van der Waals surface area contributed by atoms with E-state index < -0.39 is 5.97 Å². The Morgan fingerprint density at radius 2 is 2.04 bits per heavy atom. The van der Waals surface area contributed by atoms with Gasteiger partial charge in [-0.2, -0.15) is 0 Å². The minimum atomic E-state index is -0.516. The Hall–Kier alpha value is -3.02. The first-order valence-electron chi connectivity index (χ1n) is 8.04. The van der Waals surface area contributed by atoms with Gasteiger partial charge in [0.05, 0.1) is 25.0 Å². The van der Waals surface area contributed by atoms with Gasteiger partial charge in [0, 0.05) is 17.0 Å². The molecule has 1 aliphatic heterocycles. The van der Waals surface area contributed by atoms with Gasteiger partial charge in [0.25, 0.3) is 5.91 Å². The predicted molar refractivity (Wildman–Crippen MR) is 95.7 cm³/mol. The van der Waals surface area contributed by atoms with Gasteiger partial charge in [-0.05, 0) is 50.6 Å². The third-order valence-corrected chi connectivity index (χ3v) is 4.11. The first-order chi connectivity index (χ1) is 12.0. The van der Waals surface area contributed by atoms with Crippen molar-refractivity contribution in [2.75, 3.05) is 19.0 Å². The number of carbonyl (C=O) groups excluding carboxylic acids is 2. The number of ether oxygens (including phenoxy) is 2. The molecule has 0 saturated carbocycles. The van der Waals surface area contributed by atoms with Crippen LogP contribution in [-0.4, -0.2) is 30.6 Å². The number of hydrogen-bond donors (Lipinski definition) is 2. The summed E-state index contributed by atoms with van der Waals surface area (Å²) >= 11 is 0. The molecule has 1 aliphatic rings. The second kappa shape index (κ2) is 6.47. The number of hydrogen-bond acceptors (Lipinski definition) is 4. The fraction of sp³-hybridized carbons (Fsp3) is 0.263. The van der Waals surface area contributed by atoms with E-state index in [-0.39, 0.29) is 18.1 Å². The molecule has 25 heavy (non-hydrogen) atoms. The average Bonchev–Trinajstić information content (AvgIpc) is 3.06. The molecule has 1 aromatic heterocycles. The Bertz CT molecular complexity index is 893. The summed E-state index contributed by atoms with van der Waals surface area (Å²) in [4.78, 5) is 28.2. The van der Waals surface area contributed by atoms with Crippen LogP contribution in [0.25, 0.3) is 11.6 Å². The van der Waals surface area contributed by atoms with Crippen LogP contribution in [0.2, 0.25) is 0 Å². The quantitative estimate of drug-likeness (QED) is 0.661. The van der Waals surface area contributed by atoms with E-state index in [1.807, 2.05) is 19.9 Å². The number of amides is 1. The molecule has 3 rings (SSSR count). The molecule has 2 aromatic rings. The largest absolute Gasteiger partial charge is 0.496 e. The molecule has 2 heterocycles. The van der Waals surface area contributed by atoms with E-state index in [0.717, 1.165) is 17.0 Å². The zero-order valence-electron chi connectivity index (χ0n) is 14.6. The minimum absolute atomic E-state index is 0.237. The molecule has 130 valence electrons. The van der Waals surface area contributed by atoms with Gasteiger partial charge in [-0.1, -0.05) is 0 Å². The van der Waals surface area contributed by atoms with Crippen molar-refractivity contribution in [1.82, 2.24) is 4.98 Å².